The molecule has 1 aromatic heterocycles. The molecule has 1 N–H and O–H groups in total. The van der Waals surface area contributed by atoms with E-state index < -0.39 is 5.91 Å². The lowest BCUT2D eigenvalue weighted by molar-refractivity contribution is 0.0995. The highest BCUT2D eigenvalue weighted by molar-refractivity contribution is 5.97. The molecule has 0 atom stereocenters. The van der Waals surface area contributed by atoms with Crippen LogP contribution < -0.4 is 4.74 Å². The summed E-state index contributed by atoms with van der Waals surface area (Å²) in [5.41, 5.74) is 1.53. The zero-order valence-corrected chi connectivity index (χ0v) is 15.0. The van der Waals surface area contributed by atoms with Gasteiger partial charge in [0.15, 0.2) is 5.69 Å². The van der Waals surface area contributed by atoms with E-state index in [1.54, 1.807) is 42.0 Å². The summed E-state index contributed by atoms with van der Waals surface area (Å²) >= 11 is 0. The van der Waals surface area contributed by atoms with Crippen LogP contribution in [0.1, 0.15) is 24.2 Å². The van der Waals surface area contributed by atoms with Crippen LogP contribution >= 0.6 is 0 Å². The smallest absolute Gasteiger partial charge is 0.295 e. The number of aromatic nitrogens is 1. The highest BCUT2D eigenvalue weighted by Gasteiger charge is 2.18. The second-order valence-corrected chi connectivity index (χ2v) is 6.43. The van der Waals surface area contributed by atoms with Crippen LogP contribution in [0.25, 0.3) is 10.9 Å². The molecule has 1 heterocycles. The molecule has 0 aliphatic carbocycles. The largest absolute Gasteiger partial charge is 0.497 e. The van der Waals surface area contributed by atoms with Gasteiger partial charge in [0.2, 0.25) is 5.88 Å². The first-order valence-corrected chi connectivity index (χ1v) is 8.41. The number of methoxy groups -OCH3 is 1. The monoisotopic (exact) mass is 351 g/mol. The molecule has 0 bridgehead atoms. The van der Waals surface area contributed by atoms with Gasteiger partial charge in [-0.25, -0.2) is 0 Å². The Morgan fingerprint density at radius 3 is 2.58 bits per heavy atom. The molecule has 134 valence electrons. The Labute approximate surface area is 151 Å². The van der Waals surface area contributed by atoms with Crippen LogP contribution in [0.3, 0.4) is 0 Å². The zero-order valence-electron chi connectivity index (χ0n) is 15.0. The van der Waals surface area contributed by atoms with Crippen molar-refractivity contribution in [2.45, 2.75) is 20.4 Å². The predicted octanol–water partition coefficient (Wildman–Crippen LogP) is 4.94. The average Bonchev–Trinajstić information content (AvgIpc) is 2.90. The molecule has 1 amide bonds. The molecule has 0 unspecified atom stereocenters. The minimum atomic E-state index is -0.461. The number of benzene rings is 2. The fourth-order valence-corrected chi connectivity index (χ4v) is 2.81. The van der Waals surface area contributed by atoms with Crippen molar-refractivity contribution >= 4 is 22.5 Å². The maximum Gasteiger partial charge on any atom is 0.295 e. The van der Waals surface area contributed by atoms with Crippen molar-refractivity contribution in [1.29, 1.82) is 0 Å². The van der Waals surface area contributed by atoms with Crippen molar-refractivity contribution in [2.24, 2.45) is 16.1 Å². The Hall–Kier alpha value is -3.15. The summed E-state index contributed by atoms with van der Waals surface area (Å²) in [4.78, 5) is 12.2. The molecule has 0 fully saturated rings. The average molecular weight is 351 g/mol. The van der Waals surface area contributed by atoms with Gasteiger partial charge in [0, 0.05) is 17.5 Å². The van der Waals surface area contributed by atoms with Crippen molar-refractivity contribution in [3.05, 3.63) is 54.1 Å². The highest BCUT2D eigenvalue weighted by Crippen LogP contribution is 2.41. The topological polar surface area (TPSA) is 76.2 Å². The van der Waals surface area contributed by atoms with Gasteiger partial charge in [0.05, 0.1) is 12.6 Å². The molecule has 0 saturated heterocycles. The molecule has 3 rings (SSSR count). The van der Waals surface area contributed by atoms with Gasteiger partial charge in [-0.1, -0.05) is 32.0 Å². The number of aromatic hydroxyl groups is 1. The van der Waals surface area contributed by atoms with E-state index in [-0.39, 0.29) is 11.6 Å². The zero-order chi connectivity index (χ0) is 18.7. The first-order valence-electron chi connectivity index (χ1n) is 8.41. The second-order valence-electron chi connectivity index (χ2n) is 6.43. The molecule has 0 aliphatic rings. The Kier molecular flexibility index (Phi) is 5.02. The molecule has 0 radical (unpaired) electrons. The van der Waals surface area contributed by atoms with E-state index in [0.717, 1.165) is 5.52 Å². The minimum Gasteiger partial charge on any atom is -0.497 e. The van der Waals surface area contributed by atoms with E-state index in [2.05, 4.69) is 24.1 Å². The SMILES string of the molecule is COc1ccc2c(c1)c(N=NC(=O)c1ccccc1)c(O)n2CC(C)C. The van der Waals surface area contributed by atoms with Gasteiger partial charge in [-0.15, -0.1) is 10.2 Å². The number of amides is 1. The predicted molar refractivity (Wildman–Crippen MR) is 100 cm³/mol. The van der Waals surface area contributed by atoms with Crippen molar-refractivity contribution in [1.82, 2.24) is 4.57 Å². The third kappa shape index (κ3) is 3.44. The van der Waals surface area contributed by atoms with Crippen molar-refractivity contribution in [2.75, 3.05) is 7.11 Å². The summed E-state index contributed by atoms with van der Waals surface area (Å²) in [5.74, 6) is 0.503. The summed E-state index contributed by atoms with van der Waals surface area (Å²) in [6.45, 7) is 4.75. The standard InChI is InChI=1S/C20H21N3O3/c1-13(2)12-23-17-10-9-15(26-3)11-16(17)18(20(23)25)21-22-19(24)14-7-5-4-6-8-14/h4-11,13,25H,12H2,1-3H3. The maximum absolute atomic E-state index is 12.2. The Morgan fingerprint density at radius 1 is 1.19 bits per heavy atom. The van der Waals surface area contributed by atoms with Gasteiger partial charge in [-0.05, 0) is 36.2 Å². The van der Waals surface area contributed by atoms with E-state index in [1.807, 2.05) is 18.2 Å². The van der Waals surface area contributed by atoms with Gasteiger partial charge in [-0.2, -0.15) is 0 Å². The Balaban J connectivity index is 2.07. The number of fused-ring (bicyclic) bond motifs is 1. The first kappa shape index (κ1) is 17.7. The number of hydrogen-bond acceptors (Lipinski definition) is 4. The van der Waals surface area contributed by atoms with Gasteiger partial charge in [0.1, 0.15) is 5.75 Å². The lowest BCUT2D eigenvalue weighted by Crippen LogP contribution is -2.03. The summed E-state index contributed by atoms with van der Waals surface area (Å²) in [6.07, 6.45) is 0. The molecule has 2 aromatic carbocycles. The number of azo groups is 1. The van der Waals surface area contributed by atoms with Crippen LogP contribution in [-0.2, 0) is 6.54 Å². The molecular formula is C20H21N3O3. The first-order chi connectivity index (χ1) is 12.5. The van der Waals surface area contributed by atoms with Gasteiger partial charge in [0.25, 0.3) is 5.91 Å². The molecule has 3 aromatic rings. The summed E-state index contributed by atoms with van der Waals surface area (Å²) in [6, 6.07) is 14.2. The fraction of sp³-hybridized carbons (Fsp3) is 0.250. The number of carbonyl (C=O) groups is 1. The number of carbonyl (C=O) groups excluding carboxylic acids is 1. The summed E-state index contributed by atoms with van der Waals surface area (Å²) in [7, 11) is 1.58. The van der Waals surface area contributed by atoms with Crippen LogP contribution in [-0.4, -0.2) is 22.7 Å². The van der Waals surface area contributed by atoms with Crippen LogP contribution in [0.4, 0.5) is 5.69 Å². The third-order valence-electron chi connectivity index (χ3n) is 4.03. The molecule has 0 saturated carbocycles. The molecular weight excluding hydrogens is 330 g/mol. The quantitative estimate of drug-likeness (QED) is 0.662. The normalized spacial score (nSPS) is 11.5. The van der Waals surface area contributed by atoms with Crippen LogP contribution in [0.15, 0.2) is 58.8 Å². The lowest BCUT2D eigenvalue weighted by Gasteiger charge is -2.09. The molecule has 0 aliphatic heterocycles. The van der Waals surface area contributed by atoms with Gasteiger partial charge < -0.3 is 14.4 Å². The molecule has 6 heteroatoms. The number of ether oxygens (including phenoxy) is 1. The van der Waals surface area contributed by atoms with Crippen LogP contribution in [0.5, 0.6) is 11.6 Å². The Bertz CT molecular complexity index is 959. The van der Waals surface area contributed by atoms with E-state index in [1.165, 1.54) is 0 Å². The van der Waals surface area contributed by atoms with E-state index >= 15 is 0 Å². The van der Waals surface area contributed by atoms with E-state index in [4.69, 9.17) is 4.74 Å². The Morgan fingerprint density at radius 2 is 1.92 bits per heavy atom. The third-order valence-corrected chi connectivity index (χ3v) is 4.03. The van der Waals surface area contributed by atoms with E-state index in [9.17, 15) is 9.90 Å². The number of rotatable bonds is 5. The van der Waals surface area contributed by atoms with E-state index in [0.29, 0.717) is 29.2 Å². The van der Waals surface area contributed by atoms with Crippen molar-refractivity contribution in [3.8, 4) is 11.6 Å². The lowest BCUT2D eigenvalue weighted by atomic mass is 10.2. The van der Waals surface area contributed by atoms with Crippen LogP contribution in [0, 0.1) is 5.92 Å². The highest BCUT2D eigenvalue weighted by atomic mass is 16.5. The second kappa shape index (κ2) is 7.39. The minimum absolute atomic E-state index is 0.00781. The number of nitrogens with zero attached hydrogens (tertiary/aromatic N) is 3. The van der Waals surface area contributed by atoms with Gasteiger partial charge >= 0.3 is 0 Å². The maximum atomic E-state index is 12.2. The van der Waals surface area contributed by atoms with Crippen molar-refractivity contribution < 1.29 is 14.6 Å². The summed E-state index contributed by atoms with van der Waals surface area (Å²) < 4.78 is 7.05. The van der Waals surface area contributed by atoms with Crippen molar-refractivity contribution in [3.63, 3.8) is 0 Å². The fourth-order valence-electron chi connectivity index (χ4n) is 2.81. The van der Waals surface area contributed by atoms with Gasteiger partial charge in [-0.3, -0.25) is 4.79 Å². The van der Waals surface area contributed by atoms with Crippen LogP contribution in [0.2, 0.25) is 0 Å². The summed E-state index contributed by atoms with van der Waals surface area (Å²) in [5, 5.41) is 19.2. The molecule has 26 heavy (non-hydrogen) atoms. The molecule has 0 spiro atoms. The number of hydrogen-bond donors (Lipinski definition) is 1. The molecule has 6 nitrogen and oxygen atoms in total.